The van der Waals surface area contributed by atoms with Crippen LogP contribution in [-0.2, 0) is 6.54 Å². The monoisotopic (exact) mass is 255 g/mol. The van der Waals surface area contributed by atoms with Crippen LogP contribution in [0.5, 0.6) is 5.75 Å². The molecule has 0 amide bonds. The summed E-state index contributed by atoms with van der Waals surface area (Å²) in [5.41, 5.74) is 3.86. The lowest BCUT2D eigenvalue weighted by Gasteiger charge is -2.23. The first-order valence-electron chi connectivity index (χ1n) is 6.67. The smallest absolute Gasteiger partial charge is 0.118 e. The predicted octanol–water partition coefficient (Wildman–Crippen LogP) is 4.03. The third-order valence-electron chi connectivity index (χ3n) is 3.31. The Morgan fingerprint density at radius 1 is 0.947 bits per heavy atom. The third-order valence-corrected chi connectivity index (χ3v) is 3.31. The number of aryl methyl sites for hydroxylation is 1. The van der Waals surface area contributed by atoms with Crippen LogP contribution in [0.15, 0.2) is 48.5 Å². The van der Waals surface area contributed by atoms with Gasteiger partial charge in [0.2, 0.25) is 0 Å². The van der Waals surface area contributed by atoms with Gasteiger partial charge in [0, 0.05) is 18.8 Å². The Kier molecular flexibility index (Phi) is 4.45. The Morgan fingerprint density at radius 3 is 2.11 bits per heavy atom. The average Bonchev–Trinajstić information content (AvgIpc) is 2.46. The largest absolute Gasteiger partial charge is 0.497 e. The topological polar surface area (TPSA) is 12.5 Å². The van der Waals surface area contributed by atoms with Crippen molar-refractivity contribution < 1.29 is 4.74 Å². The third kappa shape index (κ3) is 3.50. The summed E-state index contributed by atoms with van der Waals surface area (Å²) in [6, 6.07) is 16.9. The van der Waals surface area contributed by atoms with E-state index < -0.39 is 0 Å². The second-order valence-corrected chi connectivity index (χ2v) is 4.70. The number of anilines is 1. The highest BCUT2D eigenvalue weighted by Gasteiger charge is 2.05. The minimum atomic E-state index is 0.905. The molecule has 0 spiro atoms. The molecule has 0 heterocycles. The highest BCUT2D eigenvalue weighted by molar-refractivity contribution is 5.48. The van der Waals surface area contributed by atoms with Crippen molar-refractivity contribution in [2.45, 2.75) is 20.4 Å². The Labute approximate surface area is 115 Å². The normalized spacial score (nSPS) is 10.3. The zero-order valence-corrected chi connectivity index (χ0v) is 11.9. The van der Waals surface area contributed by atoms with Gasteiger partial charge in [-0.2, -0.15) is 0 Å². The lowest BCUT2D eigenvalue weighted by atomic mass is 10.1. The molecule has 19 heavy (non-hydrogen) atoms. The molecular formula is C17H21NO. The number of rotatable bonds is 5. The lowest BCUT2D eigenvalue weighted by Crippen LogP contribution is -2.21. The molecule has 2 rings (SSSR count). The molecule has 0 bridgehead atoms. The number of hydrogen-bond donors (Lipinski definition) is 0. The fourth-order valence-corrected chi connectivity index (χ4v) is 2.09. The lowest BCUT2D eigenvalue weighted by molar-refractivity contribution is 0.414. The van der Waals surface area contributed by atoms with Gasteiger partial charge in [-0.1, -0.05) is 29.8 Å². The van der Waals surface area contributed by atoms with Crippen molar-refractivity contribution in [3.05, 3.63) is 59.7 Å². The summed E-state index contributed by atoms with van der Waals surface area (Å²) in [6.45, 7) is 6.21. The molecule has 2 heteroatoms. The summed E-state index contributed by atoms with van der Waals surface area (Å²) in [5.74, 6) is 0.905. The maximum Gasteiger partial charge on any atom is 0.118 e. The molecule has 0 radical (unpaired) electrons. The fraction of sp³-hybridized carbons (Fsp3) is 0.294. The molecule has 2 nitrogen and oxygen atoms in total. The van der Waals surface area contributed by atoms with Crippen molar-refractivity contribution in [1.29, 1.82) is 0 Å². The Bertz CT molecular complexity index is 502. The van der Waals surface area contributed by atoms with Crippen molar-refractivity contribution in [2.24, 2.45) is 0 Å². The molecule has 0 aliphatic carbocycles. The molecule has 0 aliphatic rings. The highest BCUT2D eigenvalue weighted by Crippen LogP contribution is 2.19. The predicted molar refractivity (Wildman–Crippen MR) is 80.9 cm³/mol. The van der Waals surface area contributed by atoms with E-state index in [1.165, 1.54) is 16.8 Å². The van der Waals surface area contributed by atoms with E-state index in [0.29, 0.717) is 0 Å². The zero-order chi connectivity index (χ0) is 13.7. The molecule has 0 saturated heterocycles. The quantitative estimate of drug-likeness (QED) is 0.799. The number of benzene rings is 2. The van der Waals surface area contributed by atoms with Gasteiger partial charge in [-0.25, -0.2) is 0 Å². The van der Waals surface area contributed by atoms with Crippen LogP contribution >= 0.6 is 0 Å². The Hall–Kier alpha value is -1.96. The second-order valence-electron chi connectivity index (χ2n) is 4.70. The van der Waals surface area contributed by atoms with Gasteiger partial charge in [0.15, 0.2) is 0 Å². The molecule has 2 aromatic carbocycles. The van der Waals surface area contributed by atoms with Crippen LogP contribution in [0.1, 0.15) is 18.1 Å². The Balaban J connectivity index is 2.11. The van der Waals surface area contributed by atoms with Crippen LogP contribution in [0.25, 0.3) is 0 Å². The SMILES string of the molecule is CCN(Cc1ccc(OC)cc1)c1ccc(C)cc1. The first-order chi connectivity index (χ1) is 9.22. The van der Waals surface area contributed by atoms with Crippen LogP contribution in [0.4, 0.5) is 5.69 Å². The van der Waals surface area contributed by atoms with Gasteiger partial charge in [0.25, 0.3) is 0 Å². The van der Waals surface area contributed by atoms with Crippen molar-refractivity contribution >= 4 is 5.69 Å². The maximum absolute atomic E-state index is 5.18. The van der Waals surface area contributed by atoms with Gasteiger partial charge < -0.3 is 9.64 Å². The van der Waals surface area contributed by atoms with Gasteiger partial charge in [-0.05, 0) is 43.7 Å². The minimum absolute atomic E-state index is 0.905. The van der Waals surface area contributed by atoms with E-state index in [9.17, 15) is 0 Å². The minimum Gasteiger partial charge on any atom is -0.497 e. The second kappa shape index (κ2) is 6.28. The summed E-state index contributed by atoms with van der Waals surface area (Å²) in [5, 5.41) is 0. The van der Waals surface area contributed by atoms with E-state index in [0.717, 1.165) is 18.8 Å². The molecule has 0 N–H and O–H groups in total. The van der Waals surface area contributed by atoms with Crippen LogP contribution < -0.4 is 9.64 Å². The zero-order valence-electron chi connectivity index (χ0n) is 11.9. The molecule has 0 fully saturated rings. The molecule has 0 unspecified atom stereocenters. The molecular weight excluding hydrogens is 234 g/mol. The molecule has 0 aliphatic heterocycles. The number of ether oxygens (including phenoxy) is 1. The van der Waals surface area contributed by atoms with Gasteiger partial charge in [0.05, 0.1) is 7.11 Å². The summed E-state index contributed by atoms with van der Waals surface area (Å²) in [4.78, 5) is 2.36. The molecule has 0 saturated carbocycles. The van der Waals surface area contributed by atoms with Gasteiger partial charge in [0.1, 0.15) is 5.75 Å². The first-order valence-corrected chi connectivity index (χ1v) is 6.67. The van der Waals surface area contributed by atoms with E-state index in [1.807, 2.05) is 12.1 Å². The standard InChI is InChI=1S/C17H21NO/c1-4-18(16-9-5-14(2)6-10-16)13-15-7-11-17(19-3)12-8-15/h5-12H,4,13H2,1-3H3. The molecule has 0 aromatic heterocycles. The fourth-order valence-electron chi connectivity index (χ4n) is 2.09. The summed E-state index contributed by atoms with van der Waals surface area (Å²) in [7, 11) is 1.69. The number of nitrogens with zero attached hydrogens (tertiary/aromatic N) is 1. The van der Waals surface area contributed by atoms with Crippen molar-refractivity contribution in [2.75, 3.05) is 18.6 Å². The van der Waals surface area contributed by atoms with Crippen LogP contribution in [0.3, 0.4) is 0 Å². The van der Waals surface area contributed by atoms with E-state index in [4.69, 9.17) is 4.74 Å². The summed E-state index contributed by atoms with van der Waals surface area (Å²) < 4.78 is 5.18. The van der Waals surface area contributed by atoms with E-state index in [1.54, 1.807) is 7.11 Å². The van der Waals surface area contributed by atoms with Crippen LogP contribution in [0, 0.1) is 6.92 Å². The van der Waals surface area contributed by atoms with Crippen molar-refractivity contribution in [3.63, 3.8) is 0 Å². The van der Waals surface area contributed by atoms with Crippen molar-refractivity contribution in [3.8, 4) is 5.75 Å². The van der Waals surface area contributed by atoms with E-state index in [2.05, 4.69) is 55.1 Å². The van der Waals surface area contributed by atoms with E-state index in [-0.39, 0.29) is 0 Å². The summed E-state index contributed by atoms with van der Waals surface area (Å²) >= 11 is 0. The van der Waals surface area contributed by atoms with Crippen LogP contribution in [-0.4, -0.2) is 13.7 Å². The number of hydrogen-bond acceptors (Lipinski definition) is 2. The first kappa shape index (κ1) is 13.5. The number of methoxy groups -OCH3 is 1. The molecule has 100 valence electrons. The summed E-state index contributed by atoms with van der Waals surface area (Å²) in [6.07, 6.45) is 0. The van der Waals surface area contributed by atoms with Gasteiger partial charge in [-0.3, -0.25) is 0 Å². The average molecular weight is 255 g/mol. The van der Waals surface area contributed by atoms with Crippen molar-refractivity contribution in [1.82, 2.24) is 0 Å². The van der Waals surface area contributed by atoms with Crippen LogP contribution in [0.2, 0.25) is 0 Å². The molecule has 2 aromatic rings. The highest BCUT2D eigenvalue weighted by atomic mass is 16.5. The van der Waals surface area contributed by atoms with E-state index >= 15 is 0 Å². The van der Waals surface area contributed by atoms with Gasteiger partial charge >= 0.3 is 0 Å². The molecule has 0 atom stereocenters. The Morgan fingerprint density at radius 2 is 1.58 bits per heavy atom. The van der Waals surface area contributed by atoms with Gasteiger partial charge in [-0.15, -0.1) is 0 Å². The maximum atomic E-state index is 5.18.